The summed E-state index contributed by atoms with van der Waals surface area (Å²) >= 11 is 0. The Morgan fingerprint density at radius 1 is 1.29 bits per heavy atom. The molecule has 0 aliphatic rings. The van der Waals surface area contributed by atoms with Gasteiger partial charge in [0.2, 0.25) is 0 Å². The third-order valence-corrected chi connectivity index (χ3v) is 2.16. The normalized spacial score (nSPS) is 15.1. The van der Waals surface area contributed by atoms with Crippen molar-refractivity contribution in [1.29, 1.82) is 0 Å². The molecule has 0 aromatic heterocycles. The number of hydrogen-bond acceptors (Lipinski definition) is 3. The summed E-state index contributed by atoms with van der Waals surface area (Å²) < 4.78 is 0. The van der Waals surface area contributed by atoms with Crippen LogP contribution in [0, 0.1) is 0 Å². The Morgan fingerprint density at radius 3 is 2.36 bits per heavy atom. The Balaban J connectivity index is 3.49. The van der Waals surface area contributed by atoms with Crippen LogP contribution < -0.4 is 5.32 Å². The summed E-state index contributed by atoms with van der Waals surface area (Å²) in [5, 5.41) is 20.4. The van der Waals surface area contributed by atoms with E-state index in [0.29, 0.717) is 12.5 Å². The molecule has 0 heterocycles. The zero-order valence-corrected chi connectivity index (χ0v) is 8.99. The number of carboxylic acids is 1. The molecule has 4 heteroatoms. The van der Waals surface area contributed by atoms with Crippen molar-refractivity contribution in [2.75, 3.05) is 6.61 Å². The molecule has 84 valence electrons. The zero-order chi connectivity index (χ0) is 11.0. The Morgan fingerprint density at radius 2 is 1.86 bits per heavy atom. The fourth-order valence-corrected chi connectivity index (χ4v) is 1.39. The average Bonchev–Trinajstić information content (AvgIpc) is 2.11. The maximum absolute atomic E-state index is 10.3. The first-order valence-corrected chi connectivity index (χ1v) is 5.15. The van der Waals surface area contributed by atoms with Crippen LogP contribution >= 0.6 is 0 Å². The fraction of sp³-hybridized carbons (Fsp3) is 0.900. The molecule has 0 amide bonds. The topological polar surface area (TPSA) is 69.6 Å². The van der Waals surface area contributed by atoms with Gasteiger partial charge >= 0.3 is 5.97 Å². The van der Waals surface area contributed by atoms with Crippen molar-refractivity contribution < 1.29 is 15.0 Å². The second kappa shape index (κ2) is 7.76. The number of carbonyl (C=O) groups is 1. The Labute approximate surface area is 85.3 Å². The maximum Gasteiger partial charge on any atom is 0.303 e. The molecule has 0 saturated heterocycles. The quantitative estimate of drug-likeness (QED) is 0.550. The van der Waals surface area contributed by atoms with Gasteiger partial charge in [-0.25, -0.2) is 0 Å². The summed E-state index contributed by atoms with van der Waals surface area (Å²) in [6.07, 6.45) is 2.58. The van der Waals surface area contributed by atoms with Crippen molar-refractivity contribution in [3.8, 4) is 0 Å². The molecule has 0 aromatic rings. The van der Waals surface area contributed by atoms with E-state index in [1.807, 2.05) is 13.8 Å². The van der Waals surface area contributed by atoms with Crippen LogP contribution in [0.1, 0.15) is 39.5 Å². The van der Waals surface area contributed by atoms with Gasteiger partial charge in [0.05, 0.1) is 0 Å². The van der Waals surface area contributed by atoms with E-state index in [0.717, 1.165) is 12.8 Å². The van der Waals surface area contributed by atoms with Gasteiger partial charge in [-0.3, -0.25) is 4.79 Å². The molecular formula is C10H21NO3. The van der Waals surface area contributed by atoms with Crippen molar-refractivity contribution in [2.45, 2.75) is 51.6 Å². The molecule has 14 heavy (non-hydrogen) atoms. The first-order valence-electron chi connectivity index (χ1n) is 5.15. The Bertz CT molecular complexity index is 161. The fourth-order valence-electron chi connectivity index (χ4n) is 1.39. The summed E-state index contributed by atoms with van der Waals surface area (Å²) in [5.41, 5.74) is 0. The minimum absolute atomic E-state index is 0.209. The maximum atomic E-state index is 10.3. The predicted octanol–water partition coefficient (Wildman–Crippen LogP) is 0.990. The number of aliphatic carboxylic acids is 1. The molecule has 4 nitrogen and oxygen atoms in total. The van der Waals surface area contributed by atoms with Crippen LogP contribution in [0.5, 0.6) is 0 Å². The van der Waals surface area contributed by atoms with E-state index >= 15 is 0 Å². The van der Waals surface area contributed by atoms with E-state index in [1.54, 1.807) is 0 Å². The van der Waals surface area contributed by atoms with Gasteiger partial charge in [-0.05, 0) is 33.1 Å². The molecule has 2 unspecified atom stereocenters. The van der Waals surface area contributed by atoms with Crippen molar-refractivity contribution in [3.05, 3.63) is 0 Å². The molecule has 2 atom stereocenters. The number of aliphatic hydroxyl groups excluding tert-OH is 1. The van der Waals surface area contributed by atoms with Crippen LogP contribution in [0.4, 0.5) is 0 Å². The molecule has 0 rings (SSSR count). The summed E-state index contributed by atoms with van der Waals surface area (Å²) in [6, 6.07) is 0.561. The molecule has 0 bridgehead atoms. The lowest BCUT2D eigenvalue weighted by molar-refractivity contribution is -0.137. The van der Waals surface area contributed by atoms with Gasteiger partial charge < -0.3 is 15.5 Å². The van der Waals surface area contributed by atoms with Crippen LogP contribution in [-0.4, -0.2) is 34.9 Å². The number of rotatable bonds is 8. The number of nitrogens with one attached hydrogen (secondary N) is 1. The van der Waals surface area contributed by atoms with Gasteiger partial charge in [0.15, 0.2) is 0 Å². The van der Waals surface area contributed by atoms with Gasteiger partial charge in [-0.15, -0.1) is 0 Å². The molecule has 0 fully saturated rings. The van der Waals surface area contributed by atoms with E-state index in [-0.39, 0.29) is 19.1 Å². The lowest BCUT2D eigenvalue weighted by Crippen LogP contribution is -2.34. The third-order valence-electron chi connectivity index (χ3n) is 2.16. The van der Waals surface area contributed by atoms with Gasteiger partial charge in [-0.2, -0.15) is 0 Å². The second-order valence-electron chi connectivity index (χ2n) is 3.77. The molecule has 0 radical (unpaired) electrons. The Hall–Kier alpha value is -0.610. The number of aliphatic hydroxyl groups is 1. The molecule has 0 aromatic carbocycles. The van der Waals surface area contributed by atoms with Crippen LogP contribution in [0.2, 0.25) is 0 Å². The van der Waals surface area contributed by atoms with Crippen LogP contribution in [0.25, 0.3) is 0 Å². The van der Waals surface area contributed by atoms with Gasteiger partial charge in [0.25, 0.3) is 0 Å². The van der Waals surface area contributed by atoms with E-state index in [9.17, 15) is 4.79 Å². The largest absolute Gasteiger partial charge is 0.481 e. The van der Waals surface area contributed by atoms with Crippen LogP contribution in [0.15, 0.2) is 0 Å². The highest BCUT2D eigenvalue weighted by Crippen LogP contribution is 2.01. The standard InChI is InChI=1S/C10H21NO3/c1-8(4-3-7-12)11-9(2)5-6-10(13)14/h8-9,11-12H,3-7H2,1-2H3,(H,13,14). The van der Waals surface area contributed by atoms with Crippen molar-refractivity contribution in [3.63, 3.8) is 0 Å². The van der Waals surface area contributed by atoms with Gasteiger partial charge in [0.1, 0.15) is 0 Å². The molecular weight excluding hydrogens is 182 g/mol. The predicted molar refractivity (Wildman–Crippen MR) is 55.2 cm³/mol. The minimum atomic E-state index is -0.748. The highest BCUT2D eigenvalue weighted by molar-refractivity contribution is 5.66. The third kappa shape index (κ3) is 8.01. The molecule has 0 aliphatic heterocycles. The van der Waals surface area contributed by atoms with Gasteiger partial charge in [0, 0.05) is 25.1 Å². The lowest BCUT2D eigenvalue weighted by atomic mass is 10.1. The first-order chi connectivity index (χ1) is 6.56. The van der Waals surface area contributed by atoms with E-state index in [1.165, 1.54) is 0 Å². The van der Waals surface area contributed by atoms with Crippen LogP contribution in [0.3, 0.4) is 0 Å². The molecule has 3 N–H and O–H groups in total. The van der Waals surface area contributed by atoms with E-state index in [2.05, 4.69) is 5.32 Å². The second-order valence-corrected chi connectivity index (χ2v) is 3.77. The highest BCUT2D eigenvalue weighted by Gasteiger charge is 2.08. The smallest absolute Gasteiger partial charge is 0.303 e. The minimum Gasteiger partial charge on any atom is -0.481 e. The van der Waals surface area contributed by atoms with Crippen LogP contribution in [-0.2, 0) is 4.79 Å². The highest BCUT2D eigenvalue weighted by atomic mass is 16.4. The first kappa shape index (κ1) is 13.4. The van der Waals surface area contributed by atoms with E-state index < -0.39 is 5.97 Å². The summed E-state index contributed by atoms with van der Waals surface area (Å²) in [4.78, 5) is 10.3. The van der Waals surface area contributed by atoms with E-state index in [4.69, 9.17) is 10.2 Å². The molecule has 0 aliphatic carbocycles. The van der Waals surface area contributed by atoms with Crippen molar-refractivity contribution in [1.82, 2.24) is 5.32 Å². The SMILES string of the molecule is CC(CCCO)NC(C)CCC(=O)O. The van der Waals surface area contributed by atoms with Crippen molar-refractivity contribution >= 4 is 5.97 Å². The Kier molecular flexibility index (Phi) is 7.42. The molecule has 0 saturated carbocycles. The lowest BCUT2D eigenvalue weighted by Gasteiger charge is -2.18. The monoisotopic (exact) mass is 203 g/mol. The zero-order valence-electron chi connectivity index (χ0n) is 8.99. The van der Waals surface area contributed by atoms with Crippen molar-refractivity contribution in [2.24, 2.45) is 0 Å². The number of hydrogen-bond donors (Lipinski definition) is 3. The number of carboxylic acid groups (broad SMARTS) is 1. The summed E-state index contributed by atoms with van der Waals surface area (Å²) in [7, 11) is 0. The van der Waals surface area contributed by atoms with Gasteiger partial charge in [-0.1, -0.05) is 0 Å². The summed E-state index contributed by atoms with van der Waals surface area (Å²) in [5.74, 6) is -0.748. The average molecular weight is 203 g/mol. The molecule has 0 spiro atoms. The summed E-state index contributed by atoms with van der Waals surface area (Å²) in [6.45, 7) is 4.25.